The van der Waals surface area contributed by atoms with Gasteiger partial charge in [-0.25, -0.2) is 4.52 Å². The van der Waals surface area contributed by atoms with Gasteiger partial charge >= 0.3 is 0 Å². The quantitative estimate of drug-likeness (QED) is 0.885. The Kier molecular flexibility index (Phi) is 3.89. The average Bonchev–Trinajstić information content (AvgIpc) is 2.91. The van der Waals surface area contributed by atoms with Crippen LogP contribution in [0.2, 0.25) is 0 Å². The van der Waals surface area contributed by atoms with Gasteiger partial charge in [0.05, 0.1) is 22.8 Å². The number of carbonyl (C=O) groups is 1. The number of amides is 1. The second-order valence-corrected chi connectivity index (χ2v) is 6.43. The van der Waals surface area contributed by atoms with Gasteiger partial charge in [-0.1, -0.05) is 25.8 Å². The number of hydrogen-bond acceptors (Lipinski definition) is 2. The molecule has 0 spiro atoms. The number of alkyl halides is 1. The molecule has 1 N–H and O–H groups in total. The highest BCUT2D eigenvalue weighted by Gasteiger charge is 2.36. The first-order chi connectivity index (χ1) is 10.1. The van der Waals surface area contributed by atoms with E-state index in [0.717, 1.165) is 24.8 Å². The Hall–Kier alpha value is -1.55. The van der Waals surface area contributed by atoms with Crippen molar-refractivity contribution in [1.29, 1.82) is 0 Å². The van der Waals surface area contributed by atoms with Crippen LogP contribution in [-0.4, -0.2) is 26.9 Å². The Balaban J connectivity index is 1.85. The van der Waals surface area contributed by atoms with Crippen LogP contribution in [0.25, 0.3) is 5.52 Å². The summed E-state index contributed by atoms with van der Waals surface area (Å²) in [6.07, 6.45) is 7.69. The molecule has 2 atom stereocenters. The molecule has 1 amide bonds. The molecule has 0 radical (unpaired) electrons. The molecule has 5 heteroatoms. The van der Waals surface area contributed by atoms with Crippen molar-refractivity contribution in [2.45, 2.75) is 38.1 Å². The Bertz CT molecular complexity index is 654. The van der Waals surface area contributed by atoms with Crippen molar-refractivity contribution in [3.8, 4) is 0 Å². The summed E-state index contributed by atoms with van der Waals surface area (Å²) >= 11 is 6.19. The van der Waals surface area contributed by atoms with Gasteiger partial charge in [0, 0.05) is 12.1 Å². The molecule has 1 aliphatic carbocycles. The van der Waals surface area contributed by atoms with E-state index in [4.69, 9.17) is 11.6 Å². The van der Waals surface area contributed by atoms with Gasteiger partial charge < -0.3 is 5.32 Å². The molecule has 4 nitrogen and oxygen atoms in total. The number of hydrogen-bond donors (Lipinski definition) is 1. The first-order valence-corrected chi connectivity index (χ1v) is 7.98. The minimum atomic E-state index is -0.278. The van der Waals surface area contributed by atoms with E-state index in [9.17, 15) is 4.79 Å². The molecule has 2 heterocycles. The van der Waals surface area contributed by atoms with Crippen LogP contribution < -0.4 is 5.32 Å². The summed E-state index contributed by atoms with van der Waals surface area (Å²) in [5.41, 5.74) is 1.15. The first kappa shape index (κ1) is 14.4. The number of carbonyl (C=O) groups excluding carboxylic acids is 1. The van der Waals surface area contributed by atoms with Crippen molar-refractivity contribution in [2.24, 2.45) is 5.92 Å². The second-order valence-electron chi connectivity index (χ2n) is 6.16. The molecule has 2 aromatic heterocycles. The minimum Gasteiger partial charge on any atom is -0.345 e. The molecule has 0 aliphatic heterocycles. The zero-order valence-electron chi connectivity index (χ0n) is 12.2. The van der Waals surface area contributed by atoms with Crippen LogP contribution in [0.1, 0.15) is 43.0 Å². The molecule has 112 valence electrons. The van der Waals surface area contributed by atoms with E-state index >= 15 is 0 Å². The molecule has 2 aromatic rings. The van der Waals surface area contributed by atoms with E-state index in [1.54, 1.807) is 10.7 Å². The number of rotatable bonds is 3. The third kappa shape index (κ3) is 2.77. The lowest BCUT2D eigenvalue weighted by Gasteiger charge is -2.39. The van der Waals surface area contributed by atoms with Crippen molar-refractivity contribution in [3.63, 3.8) is 0 Å². The Labute approximate surface area is 129 Å². The van der Waals surface area contributed by atoms with Crippen LogP contribution >= 0.6 is 11.6 Å². The zero-order chi connectivity index (χ0) is 14.9. The van der Waals surface area contributed by atoms with E-state index < -0.39 is 0 Å². The van der Waals surface area contributed by atoms with Gasteiger partial charge in [0.15, 0.2) is 0 Å². The molecule has 2 unspecified atom stereocenters. The fraction of sp³-hybridized carbons (Fsp3) is 0.500. The lowest BCUT2D eigenvalue weighted by molar-refractivity contribution is 0.0869. The number of aromatic nitrogens is 2. The highest BCUT2D eigenvalue weighted by molar-refractivity contribution is 6.19. The van der Waals surface area contributed by atoms with Crippen LogP contribution in [0.3, 0.4) is 0 Å². The van der Waals surface area contributed by atoms with Crippen LogP contribution in [0.5, 0.6) is 0 Å². The summed E-state index contributed by atoms with van der Waals surface area (Å²) in [6.45, 7) is 2.22. The maximum absolute atomic E-state index is 12.6. The maximum Gasteiger partial charge on any atom is 0.255 e. The van der Waals surface area contributed by atoms with Crippen molar-refractivity contribution in [3.05, 3.63) is 36.2 Å². The largest absolute Gasteiger partial charge is 0.345 e. The van der Waals surface area contributed by atoms with Gasteiger partial charge in [-0.05, 0) is 30.9 Å². The Morgan fingerprint density at radius 1 is 1.57 bits per heavy atom. The fourth-order valence-corrected chi connectivity index (χ4v) is 3.66. The number of pyridine rings is 1. The fourth-order valence-electron chi connectivity index (χ4n) is 3.35. The molecule has 21 heavy (non-hydrogen) atoms. The third-order valence-corrected chi connectivity index (χ3v) is 4.91. The standard InChI is InChI=1S/C16H20ClN3O/c1-12-5-4-7-16(9-12,11-17)19-15(21)13-10-18-20-8-3-2-6-14(13)20/h2-3,6,8,10,12H,4-5,7,9,11H2,1H3,(H,19,21). The molecule has 1 aliphatic rings. The zero-order valence-corrected chi connectivity index (χ0v) is 12.9. The van der Waals surface area contributed by atoms with Crippen LogP contribution in [0.15, 0.2) is 30.6 Å². The molecule has 0 aromatic carbocycles. The van der Waals surface area contributed by atoms with E-state index in [1.807, 2.05) is 24.4 Å². The van der Waals surface area contributed by atoms with Crippen LogP contribution in [-0.2, 0) is 0 Å². The highest BCUT2D eigenvalue weighted by Crippen LogP contribution is 2.33. The summed E-state index contributed by atoms with van der Waals surface area (Å²) in [6, 6.07) is 5.71. The van der Waals surface area contributed by atoms with Gasteiger partial charge in [-0.3, -0.25) is 4.79 Å². The van der Waals surface area contributed by atoms with Gasteiger partial charge in [0.1, 0.15) is 0 Å². The van der Waals surface area contributed by atoms with Crippen molar-refractivity contribution < 1.29 is 4.79 Å². The predicted molar refractivity (Wildman–Crippen MR) is 83.7 cm³/mol. The monoisotopic (exact) mass is 305 g/mol. The number of nitrogens with one attached hydrogen (secondary N) is 1. The highest BCUT2D eigenvalue weighted by atomic mass is 35.5. The number of halogens is 1. The molecule has 1 fully saturated rings. The van der Waals surface area contributed by atoms with E-state index in [1.165, 1.54) is 6.42 Å². The van der Waals surface area contributed by atoms with Gasteiger partial charge in [0.25, 0.3) is 5.91 Å². The molecule has 3 rings (SSSR count). The third-order valence-electron chi connectivity index (χ3n) is 4.40. The molecule has 1 saturated carbocycles. The average molecular weight is 306 g/mol. The van der Waals surface area contributed by atoms with Crippen molar-refractivity contribution in [2.75, 3.05) is 5.88 Å². The van der Waals surface area contributed by atoms with E-state index in [0.29, 0.717) is 17.4 Å². The van der Waals surface area contributed by atoms with Gasteiger partial charge in [-0.2, -0.15) is 5.10 Å². The summed E-state index contributed by atoms with van der Waals surface area (Å²) in [4.78, 5) is 12.6. The smallest absolute Gasteiger partial charge is 0.255 e. The molecule has 0 saturated heterocycles. The summed E-state index contributed by atoms with van der Waals surface area (Å²) in [5.74, 6) is 0.982. The molecule has 0 bridgehead atoms. The Morgan fingerprint density at radius 3 is 3.19 bits per heavy atom. The lowest BCUT2D eigenvalue weighted by atomic mass is 9.77. The Morgan fingerprint density at radius 2 is 2.43 bits per heavy atom. The summed E-state index contributed by atoms with van der Waals surface area (Å²) < 4.78 is 1.71. The molecular formula is C16H20ClN3O. The van der Waals surface area contributed by atoms with Gasteiger partial charge in [0.2, 0.25) is 0 Å². The number of nitrogens with zero attached hydrogens (tertiary/aromatic N) is 2. The van der Waals surface area contributed by atoms with Crippen LogP contribution in [0, 0.1) is 5.92 Å². The second kappa shape index (κ2) is 5.68. The van der Waals surface area contributed by atoms with Crippen molar-refractivity contribution >= 4 is 23.0 Å². The first-order valence-electron chi connectivity index (χ1n) is 7.44. The minimum absolute atomic E-state index is 0.0778. The SMILES string of the molecule is CC1CCCC(CCl)(NC(=O)c2cnn3ccccc23)C1. The summed E-state index contributed by atoms with van der Waals surface area (Å²) in [5, 5.41) is 7.40. The normalized spacial score (nSPS) is 25.9. The molecular weight excluding hydrogens is 286 g/mol. The topological polar surface area (TPSA) is 46.4 Å². The predicted octanol–water partition coefficient (Wildman–Crippen LogP) is 3.25. The van der Waals surface area contributed by atoms with Crippen LogP contribution in [0.4, 0.5) is 0 Å². The van der Waals surface area contributed by atoms with E-state index in [-0.39, 0.29) is 11.4 Å². The summed E-state index contributed by atoms with van der Waals surface area (Å²) in [7, 11) is 0. The lowest BCUT2D eigenvalue weighted by Crippen LogP contribution is -2.52. The maximum atomic E-state index is 12.6. The van der Waals surface area contributed by atoms with Crippen molar-refractivity contribution in [1.82, 2.24) is 14.9 Å². The number of fused-ring (bicyclic) bond motifs is 1. The van der Waals surface area contributed by atoms with Gasteiger partial charge in [-0.15, -0.1) is 11.6 Å². The van der Waals surface area contributed by atoms with E-state index in [2.05, 4.69) is 17.3 Å².